The van der Waals surface area contributed by atoms with Gasteiger partial charge in [-0.15, -0.1) is 25.6 Å². The lowest BCUT2D eigenvalue weighted by molar-refractivity contribution is -0.274. The highest BCUT2D eigenvalue weighted by atomic mass is 35.5. The van der Waals surface area contributed by atoms with E-state index in [1.54, 1.807) is 0 Å². The minimum Gasteiger partial charge on any atom is -0.406 e. The summed E-state index contributed by atoms with van der Waals surface area (Å²) in [4.78, 5) is 11.7. The molecule has 0 radical (unpaired) electrons. The van der Waals surface area contributed by atoms with Crippen molar-refractivity contribution in [2.24, 2.45) is 0 Å². The van der Waals surface area contributed by atoms with Gasteiger partial charge in [-0.25, -0.2) is 0 Å². The van der Waals surface area contributed by atoms with E-state index in [1.807, 2.05) is 0 Å². The molecule has 1 fully saturated rings. The summed E-state index contributed by atoms with van der Waals surface area (Å²) >= 11 is 0. The molecule has 21 heavy (non-hydrogen) atoms. The van der Waals surface area contributed by atoms with Crippen LogP contribution in [-0.4, -0.2) is 24.9 Å². The normalized spacial score (nSPS) is 18.0. The van der Waals surface area contributed by atoms with Gasteiger partial charge in [-0.05, 0) is 43.7 Å². The summed E-state index contributed by atoms with van der Waals surface area (Å²) in [5, 5.41) is 5.85. The second kappa shape index (κ2) is 7.51. The van der Waals surface area contributed by atoms with Gasteiger partial charge >= 0.3 is 6.36 Å². The Bertz CT molecular complexity index is 459. The molecular formula is C13H16ClF3N2O2. The van der Waals surface area contributed by atoms with Crippen LogP contribution in [-0.2, 0) is 4.79 Å². The summed E-state index contributed by atoms with van der Waals surface area (Å²) in [6, 6.07) is 5.26. The maximum Gasteiger partial charge on any atom is 0.573 e. The molecular weight excluding hydrogens is 309 g/mol. The zero-order valence-corrected chi connectivity index (χ0v) is 11.9. The van der Waals surface area contributed by atoms with Crippen molar-refractivity contribution in [1.29, 1.82) is 0 Å². The number of halogens is 4. The van der Waals surface area contributed by atoms with Crippen molar-refractivity contribution in [2.75, 3.05) is 11.9 Å². The first kappa shape index (κ1) is 17.6. The van der Waals surface area contributed by atoms with Crippen LogP contribution in [0.1, 0.15) is 19.3 Å². The summed E-state index contributed by atoms with van der Waals surface area (Å²) in [5.74, 6) is -0.471. The third-order valence-electron chi connectivity index (χ3n) is 2.97. The van der Waals surface area contributed by atoms with E-state index in [9.17, 15) is 18.0 Å². The Labute approximate surface area is 126 Å². The molecule has 0 aliphatic carbocycles. The molecule has 1 aromatic carbocycles. The second-order valence-corrected chi connectivity index (χ2v) is 4.62. The number of nitrogens with one attached hydrogen (secondary N) is 2. The highest BCUT2D eigenvalue weighted by molar-refractivity contribution is 5.91. The van der Waals surface area contributed by atoms with Crippen LogP contribution in [0.15, 0.2) is 24.3 Å². The quantitative estimate of drug-likeness (QED) is 0.895. The molecule has 2 rings (SSSR count). The van der Waals surface area contributed by atoms with E-state index in [1.165, 1.54) is 12.1 Å². The first-order valence-electron chi connectivity index (χ1n) is 6.31. The molecule has 0 saturated carbocycles. The number of alkyl halides is 3. The monoisotopic (exact) mass is 324 g/mol. The fraction of sp³-hybridized carbons (Fsp3) is 0.462. The number of ether oxygens (including phenoxy) is 1. The van der Waals surface area contributed by atoms with Crippen molar-refractivity contribution in [3.8, 4) is 5.75 Å². The fourth-order valence-electron chi connectivity index (χ4n) is 2.11. The van der Waals surface area contributed by atoms with Gasteiger partial charge < -0.3 is 15.4 Å². The number of hydrogen-bond acceptors (Lipinski definition) is 3. The number of anilines is 1. The van der Waals surface area contributed by atoms with Gasteiger partial charge in [0.15, 0.2) is 0 Å². The number of carbonyl (C=O) groups excluding carboxylic acids is 1. The maximum atomic E-state index is 12.0. The van der Waals surface area contributed by atoms with Gasteiger partial charge in [0.2, 0.25) is 5.91 Å². The summed E-state index contributed by atoms with van der Waals surface area (Å²) in [6.45, 7) is 0.918. The van der Waals surface area contributed by atoms with E-state index in [2.05, 4.69) is 15.4 Å². The average Bonchev–Trinajstić information content (AvgIpc) is 2.82. The largest absolute Gasteiger partial charge is 0.573 e. The number of hydrogen-bond donors (Lipinski definition) is 2. The van der Waals surface area contributed by atoms with Crippen molar-refractivity contribution < 1.29 is 22.7 Å². The van der Waals surface area contributed by atoms with Gasteiger partial charge in [0, 0.05) is 18.2 Å². The standard InChI is InChI=1S/C13H15F3N2O2.ClH/c14-13(15,16)20-11-5-3-9(4-6-11)18-12(19)8-10-2-1-7-17-10;/h3-6,10,17H,1-2,7-8H2,(H,18,19);1H. The van der Waals surface area contributed by atoms with Crippen LogP contribution in [0.4, 0.5) is 18.9 Å². The van der Waals surface area contributed by atoms with E-state index < -0.39 is 6.36 Å². The highest BCUT2D eigenvalue weighted by Gasteiger charge is 2.30. The fourth-order valence-corrected chi connectivity index (χ4v) is 2.11. The SMILES string of the molecule is Cl.O=C(CC1CCCN1)Nc1ccc(OC(F)(F)F)cc1. The van der Waals surface area contributed by atoms with Crippen LogP contribution in [0.3, 0.4) is 0 Å². The predicted octanol–water partition coefficient (Wildman–Crippen LogP) is 3.09. The zero-order valence-electron chi connectivity index (χ0n) is 11.1. The minimum atomic E-state index is -4.71. The van der Waals surface area contributed by atoms with E-state index in [0.29, 0.717) is 12.1 Å². The molecule has 1 amide bonds. The summed E-state index contributed by atoms with van der Waals surface area (Å²) < 4.78 is 39.7. The van der Waals surface area contributed by atoms with E-state index in [0.717, 1.165) is 31.5 Å². The Balaban J connectivity index is 0.00000220. The molecule has 1 atom stereocenters. The molecule has 1 heterocycles. The minimum absolute atomic E-state index is 0. The van der Waals surface area contributed by atoms with Crippen molar-refractivity contribution in [3.05, 3.63) is 24.3 Å². The molecule has 1 aliphatic rings. The van der Waals surface area contributed by atoms with Crippen LogP contribution < -0.4 is 15.4 Å². The smallest absolute Gasteiger partial charge is 0.406 e. The lowest BCUT2D eigenvalue weighted by Gasteiger charge is -2.11. The molecule has 8 heteroatoms. The Hall–Kier alpha value is -1.47. The lowest BCUT2D eigenvalue weighted by atomic mass is 10.1. The lowest BCUT2D eigenvalue weighted by Crippen LogP contribution is -2.27. The Morgan fingerprint density at radius 1 is 1.33 bits per heavy atom. The van der Waals surface area contributed by atoms with Gasteiger partial charge in [0.05, 0.1) is 0 Å². The van der Waals surface area contributed by atoms with Crippen LogP contribution in [0.25, 0.3) is 0 Å². The van der Waals surface area contributed by atoms with E-state index in [-0.39, 0.29) is 30.1 Å². The molecule has 118 valence electrons. The molecule has 0 bridgehead atoms. The van der Waals surface area contributed by atoms with E-state index in [4.69, 9.17) is 0 Å². The van der Waals surface area contributed by atoms with Gasteiger partial charge in [0.1, 0.15) is 5.75 Å². The average molecular weight is 325 g/mol. The van der Waals surface area contributed by atoms with E-state index >= 15 is 0 Å². The predicted molar refractivity (Wildman–Crippen MR) is 74.6 cm³/mol. The van der Waals surface area contributed by atoms with Gasteiger partial charge in [-0.3, -0.25) is 4.79 Å². The van der Waals surface area contributed by atoms with Crippen LogP contribution in [0.5, 0.6) is 5.75 Å². The van der Waals surface area contributed by atoms with Crippen molar-refractivity contribution in [3.63, 3.8) is 0 Å². The zero-order chi connectivity index (χ0) is 14.6. The molecule has 1 saturated heterocycles. The van der Waals surface area contributed by atoms with Gasteiger partial charge in [-0.1, -0.05) is 0 Å². The third kappa shape index (κ3) is 6.22. The molecule has 2 N–H and O–H groups in total. The van der Waals surface area contributed by atoms with Crippen LogP contribution in [0, 0.1) is 0 Å². The van der Waals surface area contributed by atoms with Gasteiger partial charge in [0.25, 0.3) is 0 Å². The Kier molecular flexibility index (Phi) is 6.29. The van der Waals surface area contributed by atoms with Crippen LogP contribution >= 0.6 is 12.4 Å². The molecule has 1 aliphatic heterocycles. The molecule has 0 spiro atoms. The summed E-state index contributed by atoms with van der Waals surface area (Å²) in [5.41, 5.74) is 0.447. The first-order chi connectivity index (χ1) is 9.42. The number of carbonyl (C=O) groups is 1. The third-order valence-corrected chi connectivity index (χ3v) is 2.97. The second-order valence-electron chi connectivity index (χ2n) is 4.62. The maximum absolute atomic E-state index is 12.0. The highest BCUT2D eigenvalue weighted by Crippen LogP contribution is 2.24. The Morgan fingerprint density at radius 3 is 2.52 bits per heavy atom. The van der Waals surface area contributed by atoms with Crippen molar-refractivity contribution >= 4 is 24.0 Å². The molecule has 1 aromatic rings. The molecule has 0 aromatic heterocycles. The molecule has 4 nitrogen and oxygen atoms in total. The van der Waals surface area contributed by atoms with Gasteiger partial charge in [-0.2, -0.15) is 0 Å². The topological polar surface area (TPSA) is 50.4 Å². The summed E-state index contributed by atoms with van der Waals surface area (Å²) in [6.07, 6.45) is -2.33. The first-order valence-corrected chi connectivity index (χ1v) is 6.31. The Morgan fingerprint density at radius 2 is 2.00 bits per heavy atom. The van der Waals surface area contributed by atoms with Crippen molar-refractivity contribution in [1.82, 2.24) is 5.32 Å². The van der Waals surface area contributed by atoms with Crippen LogP contribution in [0.2, 0.25) is 0 Å². The summed E-state index contributed by atoms with van der Waals surface area (Å²) in [7, 11) is 0. The number of rotatable bonds is 4. The van der Waals surface area contributed by atoms with Crippen molar-refractivity contribution in [2.45, 2.75) is 31.7 Å². The number of benzene rings is 1. The molecule has 1 unspecified atom stereocenters. The number of amides is 1.